The molecule has 0 amide bonds. The molecule has 0 aliphatic heterocycles. The van der Waals surface area contributed by atoms with E-state index in [1.165, 1.54) is 5.69 Å². The SMILES string of the molecule is CCNC(Cc1ccn(C(C)CC)n1)CN(C)C. The summed E-state index contributed by atoms with van der Waals surface area (Å²) in [6, 6.07) is 3.11. The quantitative estimate of drug-likeness (QED) is 0.767. The molecule has 18 heavy (non-hydrogen) atoms. The van der Waals surface area contributed by atoms with Crippen molar-refractivity contribution in [1.82, 2.24) is 20.0 Å². The molecule has 1 N–H and O–H groups in total. The van der Waals surface area contributed by atoms with E-state index in [9.17, 15) is 0 Å². The van der Waals surface area contributed by atoms with Crippen molar-refractivity contribution >= 4 is 0 Å². The number of hydrogen-bond donors (Lipinski definition) is 1. The fraction of sp³-hybridized carbons (Fsp3) is 0.786. The second-order valence-electron chi connectivity index (χ2n) is 5.27. The number of aromatic nitrogens is 2. The summed E-state index contributed by atoms with van der Waals surface area (Å²) in [7, 11) is 4.23. The summed E-state index contributed by atoms with van der Waals surface area (Å²) in [4.78, 5) is 2.22. The van der Waals surface area contributed by atoms with Gasteiger partial charge in [0.05, 0.1) is 5.69 Å². The minimum absolute atomic E-state index is 0.477. The molecule has 0 aliphatic carbocycles. The molecule has 0 radical (unpaired) electrons. The van der Waals surface area contributed by atoms with Gasteiger partial charge in [-0.3, -0.25) is 4.68 Å². The van der Waals surface area contributed by atoms with Crippen LogP contribution in [-0.2, 0) is 6.42 Å². The highest BCUT2D eigenvalue weighted by molar-refractivity contribution is 5.02. The fourth-order valence-corrected chi connectivity index (χ4v) is 2.10. The topological polar surface area (TPSA) is 33.1 Å². The van der Waals surface area contributed by atoms with Crippen LogP contribution < -0.4 is 5.32 Å². The second-order valence-corrected chi connectivity index (χ2v) is 5.27. The van der Waals surface area contributed by atoms with Crippen LogP contribution in [0.2, 0.25) is 0 Å². The standard InChI is InChI=1S/C14H28N4/c1-6-12(3)18-9-8-13(16-18)10-14(15-7-2)11-17(4)5/h8-9,12,14-15H,6-7,10-11H2,1-5H3. The van der Waals surface area contributed by atoms with Crippen molar-refractivity contribution in [2.45, 2.75) is 45.7 Å². The van der Waals surface area contributed by atoms with Crippen molar-refractivity contribution in [2.75, 3.05) is 27.2 Å². The van der Waals surface area contributed by atoms with Gasteiger partial charge in [-0.15, -0.1) is 0 Å². The maximum atomic E-state index is 4.67. The number of nitrogens with zero attached hydrogens (tertiary/aromatic N) is 3. The van der Waals surface area contributed by atoms with Gasteiger partial charge in [-0.25, -0.2) is 0 Å². The molecule has 0 fully saturated rings. The molecule has 0 saturated carbocycles. The average Bonchev–Trinajstić information content (AvgIpc) is 2.76. The van der Waals surface area contributed by atoms with Crippen molar-refractivity contribution in [3.8, 4) is 0 Å². The predicted octanol–water partition coefficient (Wildman–Crippen LogP) is 1.94. The Hall–Kier alpha value is -0.870. The predicted molar refractivity (Wildman–Crippen MR) is 77.0 cm³/mol. The Morgan fingerprint density at radius 1 is 1.39 bits per heavy atom. The Morgan fingerprint density at radius 3 is 2.67 bits per heavy atom. The molecule has 104 valence electrons. The first kappa shape index (κ1) is 15.2. The van der Waals surface area contributed by atoms with Crippen molar-refractivity contribution in [1.29, 1.82) is 0 Å². The maximum absolute atomic E-state index is 4.67. The highest BCUT2D eigenvalue weighted by Crippen LogP contribution is 2.10. The van der Waals surface area contributed by atoms with Crippen LogP contribution in [0.4, 0.5) is 0 Å². The molecule has 2 unspecified atom stereocenters. The van der Waals surface area contributed by atoms with Gasteiger partial charge >= 0.3 is 0 Å². The lowest BCUT2D eigenvalue weighted by Crippen LogP contribution is -2.39. The van der Waals surface area contributed by atoms with Gasteiger partial charge < -0.3 is 10.2 Å². The molecule has 0 bridgehead atoms. The lowest BCUT2D eigenvalue weighted by atomic mass is 10.1. The second kappa shape index (κ2) is 7.54. The molecule has 4 nitrogen and oxygen atoms in total. The van der Waals surface area contributed by atoms with Gasteiger partial charge in [-0.1, -0.05) is 13.8 Å². The van der Waals surface area contributed by atoms with E-state index in [2.05, 4.69) is 67.1 Å². The Balaban J connectivity index is 2.60. The summed E-state index contributed by atoms with van der Waals surface area (Å²) in [5.74, 6) is 0. The molecule has 4 heteroatoms. The highest BCUT2D eigenvalue weighted by atomic mass is 15.3. The highest BCUT2D eigenvalue weighted by Gasteiger charge is 2.12. The Kier molecular flexibility index (Phi) is 6.36. The van der Waals surface area contributed by atoms with Gasteiger partial charge in [-0.05, 0) is 40.1 Å². The van der Waals surface area contributed by atoms with Gasteiger partial charge in [0, 0.05) is 31.2 Å². The van der Waals surface area contributed by atoms with E-state index in [4.69, 9.17) is 0 Å². The zero-order valence-corrected chi connectivity index (χ0v) is 12.5. The van der Waals surface area contributed by atoms with Crippen LogP contribution in [0.3, 0.4) is 0 Å². The maximum Gasteiger partial charge on any atom is 0.0640 e. The normalized spacial score (nSPS) is 15.0. The Morgan fingerprint density at radius 2 is 2.11 bits per heavy atom. The van der Waals surface area contributed by atoms with E-state index < -0.39 is 0 Å². The van der Waals surface area contributed by atoms with Crippen LogP contribution >= 0.6 is 0 Å². The van der Waals surface area contributed by atoms with Gasteiger partial charge in [-0.2, -0.15) is 5.10 Å². The summed E-state index contributed by atoms with van der Waals surface area (Å²) >= 11 is 0. The molecule has 0 spiro atoms. The lowest BCUT2D eigenvalue weighted by Gasteiger charge is -2.21. The molecule has 0 aromatic carbocycles. The number of nitrogens with one attached hydrogen (secondary N) is 1. The molecular formula is C14H28N4. The lowest BCUT2D eigenvalue weighted by molar-refractivity contribution is 0.336. The Labute approximate surface area is 111 Å². The van der Waals surface area contributed by atoms with Crippen molar-refractivity contribution < 1.29 is 0 Å². The van der Waals surface area contributed by atoms with E-state index in [0.29, 0.717) is 12.1 Å². The van der Waals surface area contributed by atoms with Crippen LogP contribution in [0.25, 0.3) is 0 Å². The van der Waals surface area contributed by atoms with Gasteiger partial charge in [0.25, 0.3) is 0 Å². The van der Waals surface area contributed by atoms with Gasteiger partial charge in [0.2, 0.25) is 0 Å². The first-order valence-corrected chi connectivity index (χ1v) is 6.98. The summed E-state index contributed by atoms with van der Waals surface area (Å²) in [5, 5.41) is 8.19. The van der Waals surface area contributed by atoms with Crippen LogP contribution in [-0.4, -0.2) is 47.9 Å². The molecule has 0 saturated heterocycles. The monoisotopic (exact) mass is 252 g/mol. The number of likely N-dealkylation sites (N-methyl/N-ethyl adjacent to an activating group) is 2. The Bertz CT molecular complexity index is 332. The van der Waals surface area contributed by atoms with E-state index in [1.807, 2.05) is 0 Å². The molecule has 2 atom stereocenters. The van der Waals surface area contributed by atoms with Crippen molar-refractivity contribution in [3.63, 3.8) is 0 Å². The molecule has 1 rings (SSSR count). The summed E-state index contributed by atoms with van der Waals surface area (Å²) in [6.07, 6.45) is 4.22. The van der Waals surface area contributed by atoms with E-state index in [0.717, 1.165) is 25.9 Å². The van der Waals surface area contributed by atoms with Crippen molar-refractivity contribution in [3.05, 3.63) is 18.0 Å². The zero-order valence-electron chi connectivity index (χ0n) is 12.5. The number of hydrogen-bond acceptors (Lipinski definition) is 3. The molecule has 0 aliphatic rings. The fourth-order valence-electron chi connectivity index (χ4n) is 2.10. The minimum Gasteiger partial charge on any atom is -0.313 e. The van der Waals surface area contributed by atoms with Crippen LogP contribution in [0.5, 0.6) is 0 Å². The van der Waals surface area contributed by atoms with Crippen molar-refractivity contribution in [2.24, 2.45) is 0 Å². The van der Waals surface area contributed by atoms with E-state index in [-0.39, 0.29) is 0 Å². The first-order chi connectivity index (χ1) is 8.56. The molecule has 1 heterocycles. The molecule has 1 aromatic rings. The summed E-state index contributed by atoms with van der Waals surface area (Å²) in [6.45, 7) is 8.60. The molecular weight excluding hydrogens is 224 g/mol. The van der Waals surface area contributed by atoms with E-state index in [1.54, 1.807) is 0 Å². The van der Waals surface area contributed by atoms with Gasteiger partial charge in [0.15, 0.2) is 0 Å². The third-order valence-corrected chi connectivity index (χ3v) is 3.24. The smallest absolute Gasteiger partial charge is 0.0640 e. The van der Waals surface area contributed by atoms with E-state index >= 15 is 0 Å². The largest absolute Gasteiger partial charge is 0.313 e. The van der Waals surface area contributed by atoms with Crippen LogP contribution in [0.15, 0.2) is 12.3 Å². The van der Waals surface area contributed by atoms with Crippen LogP contribution in [0.1, 0.15) is 38.9 Å². The third kappa shape index (κ3) is 4.78. The third-order valence-electron chi connectivity index (χ3n) is 3.24. The minimum atomic E-state index is 0.477. The first-order valence-electron chi connectivity index (χ1n) is 6.98. The zero-order chi connectivity index (χ0) is 13.5. The number of rotatable bonds is 8. The molecule has 1 aromatic heterocycles. The average molecular weight is 252 g/mol. The summed E-state index contributed by atoms with van der Waals surface area (Å²) in [5.41, 5.74) is 1.18. The summed E-state index contributed by atoms with van der Waals surface area (Å²) < 4.78 is 2.08. The van der Waals surface area contributed by atoms with Gasteiger partial charge in [0.1, 0.15) is 0 Å². The van der Waals surface area contributed by atoms with Crippen LogP contribution in [0, 0.1) is 0 Å².